The van der Waals surface area contributed by atoms with Gasteiger partial charge in [0, 0.05) is 22.2 Å². The van der Waals surface area contributed by atoms with E-state index < -0.39 is 6.67 Å². The monoisotopic (exact) mass is 431 g/mol. The number of methoxy groups -OCH3 is 1. The molecule has 0 amide bonds. The first-order chi connectivity index (χ1) is 15.5. The number of benzene rings is 2. The second-order valence-corrected chi connectivity index (χ2v) is 7.72. The van der Waals surface area contributed by atoms with Crippen LogP contribution in [0.1, 0.15) is 22.8 Å². The van der Waals surface area contributed by atoms with Crippen molar-refractivity contribution < 1.29 is 13.7 Å². The van der Waals surface area contributed by atoms with Crippen LogP contribution in [0.5, 0.6) is 5.75 Å². The fraction of sp³-hybridized carbons (Fsp3) is 0.208. The number of H-pyrrole nitrogens is 1. The minimum Gasteiger partial charge on any atom is -0.496 e. The number of rotatable bonds is 5. The summed E-state index contributed by atoms with van der Waals surface area (Å²) in [5.41, 5.74) is 5.53. The number of hydrogen-bond donors (Lipinski definition) is 2. The lowest BCUT2D eigenvalue weighted by molar-refractivity contribution is 0.393. The zero-order valence-corrected chi connectivity index (χ0v) is 18.2. The van der Waals surface area contributed by atoms with E-state index in [4.69, 9.17) is 9.26 Å². The van der Waals surface area contributed by atoms with Crippen molar-refractivity contribution in [1.82, 2.24) is 20.1 Å². The molecule has 7 nitrogen and oxygen atoms in total. The van der Waals surface area contributed by atoms with Crippen LogP contribution < -0.4 is 10.1 Å². The maximum absolute atomic E-state index is 13.1. The van der Waals surface area contributed by atoms with Gasteiger partial charge < -0.3 is 19.6 Å². The van der Waals surface area contributed by atoms with Gasteiger partial charge in [-0.15, -0.1) is 0 Å². The number of fused-ring (bicyclic) bond motifs is 3. The summed E-state index contributed by atoms with van der Waals surface area (Å²) in [5, 5.41) is 9.16. The molecule has 8 heteroatoms. The van der Waals surface area contributed by atoms with Crippen LogP contribution in [0.2, 0.25) is 0 Å². The van der Waals surface area contributed by atoms with E-state index in [-0.39, 0.29) is 0 Å². The summed E-state index contributed by atoms with van der Waals surface area (Å²) in [6.07, 6.45) is 0. The Morgan fingerprint density at radius 3 is 2.69 bits per heavy atom. The normalized spacial score (nSPS) is 11.4. The summed E-state index contributed by atoms with van der Waals surface area (Å²) >= 11 is 0. The molecule has 0 atom stereocenters. The van der Waals surface area contributed by atoms with Crippen molar-refractivity contribution in [2.45, 2.75) is 27.4 Å². The molecule has 2 N–H and O–H groups in total. The fourth-order valence-electron chi connectivity index (χ4n) is 4.13. The molecule has 5 rings (SSSR count). The first kappa shape index (κ1) is 20.0. The Hall–Kier alpha value is -3.94. The van der Waals surface area contributed by atoms with Crippen molar-refractivity contribution >= 4 is 33.4 Å². The molecule has 3 aromatic heterocycles. The number of aromatic amines is 1. The molecule has 0 saturated heterocycles. The van der Waals surface area contributed by atoms with Crippen LogP contribution in [-0.2, 0) is 6.67 Å². The molecule has 0 unspecified atom stereocenters. The van der Waals surface area contributed by atoms with Crippen LogP contribution in [0, 0.1) is 20.8 Å². The van der Waals surface area contributed by atoms with Gasteiger partial charge in [0.25, 0.3) is 0 Å². The van der Waals surface area contributed by atoms with Gasteiger partial charge in [0.05, 0.1) is 23.8 Å². The van der Waals surface area contributed by atoms with Gasteiger partial charge in [-0.05, 0) is 50.6 Å². The van der Waals surface area contributed by atoms with Gasteiger partial charge in [0.1, 0.15) is 35.5 Å². The molecule has 0 radical (unpaired) electrons. The number of ether oxygens (including phenoxy) is 1. The molecule has 0 spiro atoms. The smallest absolute Gasteiger partial charge is 0.144 e. The fourth-order valence-corrected chi connectivity index (χ4v) is 4.13. The van der Waals surface area contributed by atoms with Crippen LogP contribution >= 0.6 is 0 Å². The Morgan fingerprint density at radius 1 is 1.12 bits per heavy atom. The van der Waals surface area contributed by atoms with Gasteiger partial charge in [0.2, 0.25) is 0 Å². The molecule has 0 bridgehead atoms. The lowest BCUT2D eigenvalue weighted by Gasteiger charge is -2.11. The minimum atomic E-state index is -0.525. The highest BCUT2D eigenvalue weighted by atomic mass is 19.1. The number of hydrogen-bond acceptors (Lipinski definition) is 6. The topological polar surface area (TPSA) is 88.9 Å². The van der Waals surface area contributed by atoms with E-state index in [1.54, 1.807) is 19.2 Å². The number of halogens is 1. The lowest BCUT2D eigenvalue weighted by atomic mass is 10.0. The van der Waals surface area contributed by atoms with Gasteiger partial charge in [0.15, 0.2) is 0 Å². The van der Waals surface area contributed by atoms with Crippen molar-refractivity contribution in [3.05, 3.63) is 59.2 Å². The van der Waals surface area contributed by atoms with Crippen molar-refractivity contribution in [2.24, 2.45) is 0 Å². The lowest BCUT2D eigenvalue weighted by Crippen LogP contribution is -1.99. The highest BCUT2D eigenvalue weighted by Gasteiger charge is 2.20. The standard InChI is InChI=1S/C24H22FN5O2/c1-12-21(13(2)32-30-12)18-9-19-17(10-20(18)31-4)22-23(26-14(3)27-24(22)29-19)28-16-7-5-6-15(8-16)11-25/h5-10H,11H2,1-4H3,(H2,26,27,28,29). The van der Waals surface area contributed by atoms with Gasteiger partial charge >= 0.3 is 0 Å². The zero-order chi connectivity index (χ0) is 22.4. The largest absolute Gasteiger partial charge is 0.496 e. The van der Waals surface area contributed by atoms with Crippen molar-refractivity contribution in [2.75, 3.05) is 12.4 Å². The summed E-state index contributed by atoms with van der Waals surface area (Å²) in [4.78, 5) is 12.6. The minimum absolute atomic E-state index is 0.525. The number of nitrogens with zero attached hydrogens (tertiary/aromatic N) is 3. The van der Waals surface area contributed by atoms with Crippen molar-refractivity contribution in [3.8, 4) is 16.9 Å². The highest BCUT2D eigenvalue weighted by Crippen LogP contribution is 2.41. The van der Waals surface area contributed by atoms with E-state index >= 15 is 0 Å². The van der Waals surface area contributed by atoms with E-state index in [1.165, 1.54) is 0 Å². The molecule has 2 aromatic carbocycles. The van der Waals surface area contributed by atoms with E-state index in [1.807, 2.05) is 45.0 Å². The number of aryl methyl sites for hydroxylation is 3. The zero-order valence-electron chi connectivity index (χ0n) is 18.2. The second kappa shape index (κ2) is 7.64. The van der Waals surface area contributed by atoms with Crippen LogP contribution in [0.3, 0.4) is 0 Å². The Labute approximate surface area is 183 Å². The van der Waals surface area contributed by atoms with E-state index in [9.17, 15) is 4.39 Å². The SMILES string of the molecule is COc1cc2c(cc1-c1c(C)noc1C)[nH]c1nc(C)nc(Nc3cccc(CF)c3)c12. The molecule has 5 aromatic rings. The molecule has 0 aliphatic heterocycles. The maximum atomic E-state index is 13.1. The van der Waals surface area contributed by atoms with Crippen LogP contribution in [0.15, 0.2) is 40.9 Å². The van der Waals surface area contributed by atoms with Gasteiger partial charge in [-0.25, -0.2) is 14.4 Å². The molecule has 0 aliphatic carbocycles. The average Bonchev–Trinajstić information content (AvgIpc) is 3.30. The molecular formula is C24H22FN5O2. The summed E-state index contributed by atoms with van der Waals surface area (Å²) in [6.45, 7) is 5.10. The van der Waals surface area contributed by atoms with E-state index in [0.717, 1.165) is 44.6 Å². The molecular weight excluding hydrogens is 409 g/mol. The van der Waals surface area contributed by atoms with Crippen molar-refractivity contribution in [3.63, 3.8) is 0 Å². The predicted molar refractivity (Wildman–Crippen MR) is 122 cm³/mol. The molecule has 162 valence electrons. The van der Waals surface area contributed by atoms with E-state index in [0.29, 0.717) is 28.6 Å². The quantitative estimate of drug-likeness (QED) is 0.359. The van der Waals surface area contributed by atoms with Crippen LogP contribution in [-0.4, -0.2) is 27.2 Å². The molecule has 32 heavy (non-hydrogen) atoms. The maximum Gasteiger partial charge on any atom is 0.144 e. The van der Waals surface area contributed by atoms with Crippen LogP contribution in [0.25, 0.3) is 33.1 Å². The summed E-state index contributed by atoms with van der Waals surface area (Å²) in [5.74, 6) is 2.67. The van der Waals surface area contributed by atoms with Gasteiger partial charge in [-0.2, -0.15) is 0 Å². The highest BCUT2D eigenvalue weighted by molar-refractivity contribution is 6.13. The van der Waals surface area contributed by atoms with E-state index in [2.05, 4.69) is 25.4 Å². The third kappa shape index (κ3) is 3.24. The van der Waals surface area contributed by atoms with Gasteiger partial charge in [-0.3, -0.25) is 0 Å². The summed E-state index contributed by atoms with van der Waals surface area (Å²) in [6, 6.07) is 11.2. The Morgan fingerprint density at radius 2 is 1.97 bits per heavy atom. The molecule has 3 heterocycles. The second-order valence-electron chi connectivity index (χ2n) is 7.72. The number of nitrogens with one attached hydrogen (secondary N) is 2. The third-order valence-electron chi connectivity index (χ3n) is 5.53. The Kier molecular flexibility index (Phi) is 4.77. The molecule has 0 aliphatic rings. The third-order valence-corrected chi connectivity index (χ3v) is 5.53. The van der Waals surface area contributed by atoms with Gasteiger partial charge in [-0.1, -0.05) is 17.3 Å². The summed E-state index contributed by atoms with van der Waals surface area (Å²) in [7, 11) is 1.64. The van der Waals surface area contributed by atoms with Crippen LogP contribution in [0.4, 0.5) is 15.9 Å². The Bertz CT molecular complexity index is 1450. The number of anilines is 2. The molecule has 0 saturated carbocycles. The Balaban J connectivity index is 1.73. The first-order valence-electron chi connectivity index (χ1n) is 10.2. The van der Waals surface area contributed by atoms with Crippen molar-refractivity contribution in [1.29, 1.82) is 0 Å². The predicted octanol–water partition coefficient (Wildman–Crippen LogP) is 5.91. The number of alkyl halides is 1. The molecule has 0 fully saturated rings. The average molecular weight is 431 g/mol. The first-order valence-corrected chi connectivity index (χ1v) is 10.2. The number of aromatic nitrogens is 4. The summed E-state index contributed by atoms with van der Waals surface area (Å²) < 4.78 is 24.2.